The minimum absolute atomic E-state index is 0.0157. The van der Waals surface area contributed by atoms with Gasteiger partial charge in [-0.3, -0.25) is 9.36 Å². The molecular formula is C24H23N3O. The van der Waals surface area contributed by atoms with Crippen molar-refractivity contribution in [1.82, 2.24) is 14.1 Å². The summed E-state index contributed by atoms with van der Waals surface area (Å²) >= 11 is 0. The second kappa shape index (κ2) is 7.31. The summed E-state index contributed by atoms with van der Waals surface area (Å²) in [5, 5.41) is 1.70. The number of nitrogens with zero attached hydrogens (tertiary/aromatic N) is 3. The Balaban J connectivity index is 1.94. The third kappa shape index (κ3) is 3.07. The Labute approximate surface area is 164 Å². The van der Waals surface area contributed by atoms with Crippen LogP contribution in [-0.2, 0) is 13.5 Å². The zero-order valence-corrected chi connectivity index (χ0v) is 16.4. The van der Waals surface area contributed by atoms with Gasteiger partial charge in [0.25, 0.3) is 5.56 Å². The van der Waals surface area contributed by atoms with Gasteiger partial charge in [0.15, 0.2) is 0 Å². The molecule has 4 nitrogen and oxygen atoms in total. The maximum atomic E-state index is 13.5. The van der Waals surface area contributed by atoms with Crippen LogP contribution in [-0.4, -0.2) is 14.1 Å². The van der Waals surface area contributed by atoms with E-state index in [1.807, 2.05) is 90.0 Å². The third-order valence-electron chi connectivity index (χ3n) is 5.22. The van der Waals surface area contributed by atoms with Crippen molar-refractivity contribution < 1.29 is 0 Å². The van der Waals surface area contributed by atoms with Crippen molar-refractivity contribution in [2.45, 2.75) is 20.3 Å². The van der Waals surface area contributed by atoms with Gasteiger partial charge in [0.2, 0.25) is 0 Å². The van der Waals surface area contributed by atoms with E-state index in [0.29, 0.717) is 0 Å². The van der Waals surface area contributed by atoms with Crippen molar-refractivity contribution in [2.24, 2.45) is 7.05 Å². The van der Waals surface area contributed by atoms with E-state index in [1.54, 1.807) is 0 Å². The van der Waals surface area contributed by atoms with E-state index in [1.165, 1.54) is 0 Å². The first kappa shape index (κ1) is 18.0. The Morgan fingerprint density at radius 2 is 1.82 bits per heavy atom. The van der Waals surface area contributed by atoms with E-state index in [4.69, 9.17) is 0 Å². The van der Waals surface area contributed by atoms with Gasteiger partial charge in [0.1, 0.15) is 5.82 Å². The predicted molar refractivity (Wildman–Crippen MR) is 116 cm³/mol. The molecule has 4 rings (SSSR count). The molecule has 28 heavy (non-hydrogen) atoms. The Morgan fingerprint density at radius 3 is 2.50 bits per heavy atom. The van der Waals surface area contributed by atoms with E-state index in [2.05, 4.69) is 18.0 Å². The lowest BCUT2D eigenvalue weighted by Crippen LogP contribution is -2.22. The molecule has 0 aliphatic heterocycles. The molecule has 4 heteroatoms. The van der Waals surface area contributed by atoms with Crippen LogP contribution < -0.4 is 5.56 Å². The fraction of sp³-hybridized carbons (Fsp3) is 0.167. The summed E-state index contributed by atoms with van der Waals surface area (Å²) in [6.07, 6.45) is 6.64. The van der Waals surface area contributed by atoms with Crippen LogP contribution in [0, 0.1) is 6.92 Å². The van der Waals surface area contributed by atoms with Gasteiger partial charge >= 0.3 is 0 Å². The Bertz CT molecular complexity index is 1230. The van der Waals surface area contributed by atoms with Crippen molar-refractivity contribution in [2.75, 3.05) is 0 Å². The first-order valence-corrected chi connectivity index (χ1v) is 9.49. The first-order chi connectivity index (χ1) is 13.6. The van der Waals surface area contributed by atoms with E-state index < -0.39 is 0 Å². The van der Waals surface area contributed by atoms with Crippen LogP contribution >= 0.6 is 0 Å². The average molecular weight is 369 g/mol. The highest BCUT2D eigenvalue weighted by Gasteiger charge is 2.12. The van der Waals surface area contributed by atoms with Crippen LogP contribution in [0.1, 0.15) is 29.7 Å². The summed E-state index contributed by atoms with van der Waals surface area (Å²) in [7, 11) is 1.99. The summed E-state index contributed by atoms with van der Waals surface area (Å²) < 4.78 is 3.85. The van der Waals surface area contributed by atoms with Crippen molar-refractivity contribution in [1.29, 1.82) is 0 Å². The SMILES string of the molecule is CCc1cc2cccc(/C=C/c3cnc(C)n3C)c2c(=O)n1-c1ccccc1. The number of aromatic nitrogens is 3. The average Bonchev–Trinajstić information content (AvgIpc) is 3.04. The van der Waals surface area contributed by atoms with Gasteiger partial charge in [-0.25, -0.2) is 4.98 Å². The molecule has 2 aromatic carbocycles. The van der Waals surface area contributed by atoms with E-state index >= 15 is 0 Å². The topological polar surface area (TPSA) is 39.8 Å². The lowest BCUT2D eigenvalue weighted by Gasteiger charge is -2.14. The fourth-order valence-corrected chi connectivity index (χ4v) is 3.55. The van der Waals surface area contributed by atoms with Crippen molar-refractivity contribution >= 4 is 22.9 Å². The standard InChI is InChI=1S/C24H23N3O/c1-4-20-15-19-10-8-9-18(13-14-22-16-25-17(2)26(22)3)23(19)24(28)27(20)21-11-6-5-7-12-21/h5-16H,4H2,1-3H3/b14-13+. The monoisotopic (exact) mass is 369 g/mol. The van der Waals surface area contributed by atoms with E-state index in [-0.39, 0.29) is 5.56 Å². The molecule has 0 radical (unpaired) electrons. The molecule has 0 atom stereocenters. The molecule has 140 valence electrons. The molecule has 0 unspecified atom stereocenters. The number of hydrogen-bond donors (Lipinski definition) is 0. The second-order valence-electron chi connectivity index (χ2n) is 6.90. The lowest BCUT2D eigenvalue weighted by atomic mass is 10.0. The first-order valence-electron chi connectivity index (χ1n) is 9.49. The van der Waals surface area contributed by atoms with E-state index in [0.717, 1.165) is 45.7 Å². The summed E-state index contributed by atoms with van der Waals surface area (Å²) in [5.41, 5.74) is 3.83. The van der Waals surface area contributed by atoms with Gasteiger partial charge in [-0.05, 0) is 48.6 Å². The highest BCUT2D eigenvalue weighted by molar-refractivity contribution is 5.92. The Morgan fingerprint density at radius 1 is 1.04 bits per heavy atom. The molecule has 0 saturated carbocycles. The fourth-order valence-electron chi connectivity index (χ4n) is 3.55. The number of fused-ring (bicyclic) bond motifs is 1. The molecule has 0 saturated heterocycles. The molecule has 2 heterocycles. The molecule has 0 aliphatic carbocycles. The highest BCUT2D eigenvalue weighted by Crippen LogP contribution is 2.21. The molecule has 0 bridgehead atoms. The van der Waals surface area contributed by atoms with Crippen LogP contribution in [0.4, 0.5) is 0 Å². The van der Waals surface area contributed by atoms with Gasteiger partial charge in [0.05, 0.1) is 17.3 Å². The summed E-state index contributed by atoms with van der Waals surface area (Å²) in [6.45, 7) is 4.05. The predicted octanol–water partition coefficient (Wildman–Crippen LogP) is 4.77. The number of aryl methyl sites for hydroxylation is 2. The number of rotatable bonds is 4. The van der Waals surface area contributed by atoms with Crippen molar-refractivity contribution in [3.63, 3.8) is 0 Å². The molecule has 0 aliphatic rings. The molecule has 4 aromatic rings. The third-order valence-corrected chi connectivity index (χ3v) is 5.22. The lowest BCUT2D eigenvalue weighted by molar-refractivity contribution is 0.850. The number of benzene rings is 2. The van der Waals surface area contributed by atoms with Gasteiger partial charge < -0.3 is 4.57 Å². The maximum Gasteiger partial charge on any atom is 0.263 e. The number of pyridine rings is 1. The number of hydrogen-bond acceptors (Lipinski definition) is 2. The highest BCUT2D eigenvalue weighted by atomic mass is 16.1. The molecule has 0 fully saturated rings. The minimum Gasteiger partial charge on any atom is -0.332 e. The number of para-hydroxylation sites is 1. The van der Waals surface area contributed by atoms with Gasteiger partial charge in [-0.2, -0.15) is 0 Å². The Hall–Kier alpha value is -3.40. The van der Waals surface area contributed by atoms with Crippen LogP contribution in [0.25, 0.3) is 28.6 Å². The largest absolute Gasteiger partial charge is 0.332 e. The summed E-state index contributed by atoms with van der Waals surface area (Å²) in [6, 6.07) is 18.0. The minimum atomic E-state index is 0.0157. The quantitative estimate of drug-likeness (QED) is 0.520. The van der Waals surface area contributed by atoms with Crippen LogP contribution in [0.2, 0.25) is 0 Å². The molecular weight excluding hydrogens is 346 g/mol. The smallest absolute Gasteiger partial charge is 0.263 e. The zero-order valence-electron chi connectivity index (χ0n) is 16.4. The van der Waals surface area contributed by atoms with Crippen molar-refractivity contribution in [3.8, 4) is 5.69 Å². The normalized spacial score (nSPS) is 11.5. The van der Waals surface area contributed by atoms with Crippen molar-refractivity contribution in [3.05, 3.63) is 93.9 Å². The van der Waals surface area contributed by atoms with Crippen LogP contribution in [0.15, 0.2) is 65.6 Å². The maximum absolute atomic E-state index is 13.5. The van der Waals surface area contributed by atoms with Crippen LogP contribution in [0.3, 0.4) is 0 Å². The Kier molecular flexibility index (Phi) is 4.70. The van der Waals surface area contributed by atoms with Gasteiger partial charge in [0, 0.05) is 18.4 Å². The molecule has 0 N–H and O–H groups in total. The number of imidazole rings is 1. The summed E-state index contributed by atoms with van der Waals surface area (Å²) in [4.78, 5) is 17.9. The van der Waals surface area contributed by atoms with E-state index in [9.17, 15) is 4.79 Å². The van der Waals surface area contributed by atoms with Crippen LogP contribution in [0.5, 0.6) is 0 Å². The van der Waals surface area contributed by atoms with Gasteiger partial charge in [-0.15, -0.1) is 0 Å². The molecule has 0 amide bonds. The van der Waals surface area contributed by atoms with Gasteiger partial charge in [-0.1, -0.05) is 49.4 Å². The summed E-state index contributed by atoms with van der Waals surface area (Å²) in [5.74, 6) is 0.955. The second-order valence-corrected chi connectivity index (χ2v) is 6.90. The molecule has 0 spiro atoms. The zero-order chi connectivity index (χ0) is 19.7. The molecule has 2 aromatic heterocycles.